The molecule has 1 heterocycles. The molecule has 4 N–H and O–H groups in total. The van der Waals surface area contributed by atoms with Crippen molar-refractivity contribution in [3.05, 3.63) is 22.8 Å². The van der Waals surface area contributed by atoms with Crippen LogP contribution in [0.25, 0.3) is 0 Å². The highest BCUT2D eigenvalue weighted by Crippen LogP contribution is 2.18. The van der Waals surface area contributed by atoms with E-state index in [4.69, 9.17) is 17.4 Å². The number of nitrogen functional groups attached to an aromatic ring is 1. The normalized spacial score (nSPS) is 11.2. The Morgan fingerprint density at radius 3 is 2.72 bits per heavy atom. The van der Waals surface area contributed by atoms with Crippen molar-refractivity contribution in [1.29, 1.82) is 0 Å². The fourth-order valence-corrected chi connectivity index (χ4v) is 1.69. The number of anilines is 1. The van der Waals surface area contributed by atoms with Crippen molar-refractivity contribution in [2.75, 3.05) is 19.0 Å². The third-order valence-electron chi connectivity index (χ3n) is 2.17. The van der Waals surface area contributed by atoms with Crippen molar-refractivity contribution in [3.8, 4) is 0 Å². The number of likely N-dealkylation sites (N-methyl/N-ethyl adjacent to an activating group) is 1. The number of hydrogen-bond acceptors (Lipinski definition) is 5. The molecule has 0 radical (unpaired) electrons. The number of hydrazine groups is 1. The number of pyridine rings is 1. The van der Waals surface area contributed by atoms with Gasteiger partial charge in [-0.25, -0.2) is 10.8 Å². The van der Waals surface area contributed by atoms with E-state index < -0.39 is 5.60 Å². The number of carbonyl (C=O) groups is 1. The van der Waals surface area contributed by atoms with Gasteiger partial charge in [-0.2, -0.15) is 0 Å². The van der Waals surface area contributed by atoms with Crippen LogP contribution in [0.15, 0.2) is 12.1 Å². The first-order chi connectivity index (χ1) is 8.24. The van der Waals surface area contributed by atoms with Crippen LogP contribution in [0, 0.1) is 0 Å². The summed E-state index contributed by atoms with van der Waals surface area (Å²) in [7, 11) is 1.57. The third-order valence-corrected chi connectivity index (χ3v) is 2.47. The predicted molar refractivity (Wildman–Crippen MR) is 70.3 cm³/mol. The molecule has 0 aliphatic rings. The molecule has 18 heavy (non-hydrogen) atoms. The Bertz CT molecular complexity index is 445. The molecule has 1 aromatic rings. The maximum absolute atomic E-state index is 12.1. The molecular weight excluding hydrogens is 256 g/mol. The molecule has 100 valence electrons. The first kappa shape index (κ1) is 14.7. The van der Waals surface area contributed by atoms with Crippen molar-refractivity contribution in [2.45, 2.75) is 19.4 Å². The molecule has 0 saturated carbocycles. The minimum Gasteiger partial charge on any atom is -0.389 e. The van der Waals surface area contributed by atoms with Crippen LogP contribution in [-0.2, 0) is 0 Å². The molecular formula is C11H17ClN4O2. The minimum atomic E-state index is -0.986. The van der Waals surface area contributed by atoms with E-state index in [0.29, 0.717) is 5.82 Å². The van der Waals surface area contributed by atoms with Gasteiger partial charge in [0.2, 0.25) is 0 Å². The molecule has 0 aromatic carbocycles. The first-order valence-electron chi connectivity index (χ1n) is 5.35. The second-order valence-corrected chi connectivity index (χ2v) is 5.05. The van der Waals surface area contributed by atoms with Crippen LogP contribution >= 0.6 is 11.6 Å². The summed E-state index contributed by atoms with van der Waals surface area (Å²) < 4.78 is 0. The average Bonchev–Trinajstić information content (AvgIpc) is 2.26. The average molecular weight is 273 g/mol. The quantitative estimate of drug-likeness (QED) is 0.559. The molecule has 1 aromatic heterocycles. The summed E-state index contributed by atoms with van der Waals surface area (Å²) in [5, 5.41) is 9.91. The zero-order valence-corrected chi connectivity index (χ0v) is 11.3. The zero-order chi connectivity index (χ0) is 13.9. The van der Waals surface area contributed by atoms with Gasteiger partial charge in [-0.05, 0) is 26.0 Å². The SMILES string of the molecule is CN(CC(C)(C)O)C(=O)c1nc(NN)ccc1Cl. The number of nitrogens with one attached hydrogen (secondary N) is 1. The van der Waals surface area contributed by atoms with E-state index >= 15 is 0 Å². The van der Waals surface area contributed by atoms with Crippen molar-refractivity contribution in [1.82, 2.24) is 9.88 Å². The van der Waals surface area contributed by atoms with Crippen LogP contribution in [0.5, 0.6) is 0 Å². The zero-order valence-electron chi connectivity index (χ0n) is 10.6. The fraction of sp³-hybridized carbons (Fsp3) is 0.455. The monoisotopic (exact) mass is 272 g/mol. The highest BCUT2D eigenvalue weighted by molar-refractivity contribution is 6.33. The summed E-state index contributed by atoms with van der Waals surface area (Å²) in [6.45, 7) is 3.40. The molecule has 6 nitrogen and oxygen atoms in total. The topological polar surface area (TPSA) is 91.5 Å². The third kappa shape index (κ3) is 3.83. The number of rotatable bonds is 4. The standard InChI is InChI=1S/C11H17ClN4O2/c1-11(2,18)6-16(3)10(17)9-7(12)4-5-8(14-9)15-13/h4-5,18H,6,13H2,1-3H3,(H,14,15). The number of nitrogens with two attached hydrogens (primary N) is 1. The fourth-order valence-electron chi connectivity index (χ4n) is 1.51. The van der Waals surface area contributed by atoms with Crippen LogP contribution in [0.4, 0.5) is 5.82 Å². The van der Waals surface area contributed by atoms with Gasteiger partial charge in [0.05, 0.1) is 10.6 Å². The van der Waals surface area contributed by atoms with Crippen molar-refractivity contribution in [2.24, 2.45) is 5.84 Å². The molecule has 0 aliphatic carbocycles. The Hall–Kier alpha value is -1.37. The number of carbonyl (C=O) groups excluding carboxylic acids is 1. The number of aromatic nitrogens is 1. The molecule has 0 bridgehead atoms. The predicted octanol–water partition coefficient (Wildman–Crippen LogP) is 0.864. The van der Waals surface area contributed by atoms with Gasteiger partial charge in [0.25, 0.3) is 5.91 Å². The van der Waals surface area contributed by atoms with E-state index in [0.717, 1.165) is 0 Å². The van der Waals surface area contributed by atoms with Crippen molar-refractivity contribution in [3.63, 3.8) is 0 Å². The van der Waals surface area contributed by atoms with Gasteiger partial charge in [0, 0.05) is 13.6 Å². The molecule has 0 unspecified atom stereocenters. The highest BCUT2D eigenvalue weighted by Gasteiger charge is 2.23. The van der Waals surface area contributed by atoms with Gasteiger partial charge < -0.3 is 15.4 Å². The summed E-state index contributed by atoms with van der Waals surface area (Å²) in [5.41, 5.74) is 1.46. The summed E-state index contributed by atoms with van der Waals surface area (Å²) >= 11 is 5.92. The van der Waals surface area contributed by atoms with Crippen LogP contribution in [0.2, 0.25) is 5.02 Å². The Balaban J connectivity index is 2.96. The summed E-state index contributed by atoms with van der Waals surface area (Å²) in [4.78, 5) is 17.5. The smallest absolute Gasteiger partial charge is 0.273 e. The first-order valence-corrected chi connectivity index (χ1v) is 5.73. The van der Waals surface area contributed by atoms with Crippen molar-refractivity contribution < 1.29 is 9.90 Å². The minimum absolute atomic E-state index is 0.0962. The van der Waals surface area contributed by atoms with E-state index in [-0.39, 0.29) is 23.2 Å². The van der Waals surface area contributed by atoms with Gasteiger partial charge in [-0.1, -0.05) is 11.6 Å². The lowest BCUT2D eigenvalue weighted by molar-refractivity contribution is 0.0365. The summed E-state index contributed by atoms with van der Waals surface area (Å²) in [5.74, 6) is 5.20. The van der Waals surface area contributed by atoms with Gasteiger partial charge in [-0.3, -0.25) is 4.79 Å². The van der Waals surface area contributed by atoms with Crippen LogP contribution in [0.1, 0.15) is 24.3 Å². The molecule has 0 saturated heterocycles. The number of nitrogens with zero attached hydrogens (tertiary/aromatic N) is 2. The number of hydrogen-bond donors (Lipinski definition) is 3. The molecule has 0 fully saturated rings. The van der Waals surface area contributed by atoms with E-state index in [1.54, 1.807) is 27.0 Å². The second-order valence-electron chi connectivity index (χ2n) is 4.64. The van der Waals surface area contributed by atoms with E-state index in [1.165, 1.54) is 11.0 Å². The molecule has 7 heteroatoms. The Kier molecular flexibility index (Phi) is 4.50. The summed E-state index contributed by atoms with van der Waals surface area (Å²) in [6, 6.07) is 3.10. The van der Waals surface area contributed by atoms with E-state index in [1.807, 2.05) is 0 Å². The highest BCUT2D eigenvalue weighted by atomic mass is 35.5. The van der Waals surface area contributed by atoms with Crippen LogP contribution in [-0.4, -0.2) is 40.1 Å². The molecule has 0 atom stereocenters. The van der Waals surface area contributed by atoms with Gasteiger partial charge in [0.15, 0.2) is 0 Å². The molecule has 1 rings (SSSR count). The number of halogens is 1. The van der Waals surface area contributed by atoms with Crippen LogP contribution in [0.3, 0.4) is 0 Å². The Morgan fingerprint density at radius 1 is 1.61 bits per heavy atom. The molecule has 0 spiro atoms. The lowest BCUT2D eigenvalue weighted by atomic mass is 10.1. The second kappa shape index (κ2) is 5.51. The van der Waals surface area contributed by atoms with E-state index in [2.05, 4.69) is 10.4 Å². The lowest BCUT2D eigenvalue weighted by Gasteiger charge is -2.25. The number of aliphatic hydroxyl groups is 1. The maximum Gasteiger partial charge on any atom is 0.273 e. The van der Waals surface area contributed by atoms with Gasteiger partial charge >= 0.3 is 0 Å². The lowest BCUT2D eigenvalue weighted by Crippen LogP contribution is -2.40. The Morgan fingerprint density at radius 2 is 2.22 bits per heavy atom. The number of amides is 1. The van der Waals surface area contributed by atoms with E-state index in [9.17, 15) is 9.90 Å². The molecule has 0 aliphatic heterocycles. The van der Waals surface area contributed by atoms with Gasteiger partial charge in [0.1, 0.15) is 11.5 Å². The Labute approximate surface area is 111 Å². The summed E-state index contributed by atoms with van der Waals surface area (Å²) in [6.07, 6.45) is 0. The van der Waals surface area contributed by atoms with Crippen molar-refractivity contribution >= 4 is 23.3 Å². The van der Waals surface area contributed by atoms with Crippen LogP contribution < -0.4 is 11.3 Å². The largest absolute Gasteiger partial charge is 0.389 e. The maximum atomic E-state index is 12.1. The molecule has 1 amide bonds. The van der Waals surface area contributed by atoms with Gasteiger partial charge in [-0.15, -0.1) is 0 Å².